The van der Waals surface area contributed by atoms with Crippen LogP contribution in [0.2, 0.25) is 0 Å². The Labute approximate surface area is 92.6 Å². The molecule has 2 nitrogen and oxygen atoms in total. The molecule has 0 bridgehead atoms. The van der Waals surface area contributed by atoms with Gasteiger partial charge in [0, 0.05) is 6.61 Å². The Morgan fingerprint density at radius 3 is 2.75 bits per heavy atom. The Bertz CT molecular complexity index is 59.6. The van der Waals surface area contributed by atoms with E-state index in [4.69, 9.17) is 9.84 Å². The Kier molecular flexibility index (Phi) is 6.28. The van der Waals surface area contributed by atoms with Crippen molar-refractivity contribution in [3.05, 3.63) is 0 Å². The third-order valence-corrected chi connectivity index (χ3v) is 1.23. The maximum absolute atomic E-state index is 8.44. The molecule has 0 saturated carbocycles. The molecule has 0 spiro atoms. The predicted molar refractivity (Wildman–Crippen MR) is 34.0 cm³/mol. The molecule has 0 aliphatic carbocycles. The summed E-state index contributed by atoms with van der Waals surface area (Å²) >= 11 is 0. The van der Waals surface area contributed by atoms with Crippen LogP contribution in [0.3, 0.4) is 0 Å². The first-order chi connectivity index (χ1) is 3.43. The van der Waals surface area contributed by atoms with Gasteiger partial charge in [0.2, 0.25) is 0 Å². The third kappa shape index (κ3) is 2.87. The van der Waals surface area contributed by atoms with Crippen LogP contribution in [-0.2, 0) is 4.74 Å². The Morgan fingerprint density at radius 2 is 2.50 bits per heavy atom. The van der Waals surface area contributed by atoms with Crippen LogP contribution >= 0.6 is 0 Å². The number of aliphatic hydroxyl groups is 1. The first-order valence-corrected chi connectivity index (χ1v) is 2.66. The van der Waals surface area contributed by atoms with Crippen LogP contribution < -0.4 is 0 Å². The second kappa shape index (κ2) is 5.29. The summed E-state index contributed by atoms with van der Waals surface area (Å²) in [6.45, 7) is 1.03. The number of hydrogen-bond acceptors (Lipinski definition) is 2. The summed E-state index contributed by atoms with van der Waals surface area (Å²) < 4.78 is 5.05. The fourth-order valence-electron chi connectivity index (χ4n) is 0.788. The second-order valence-electron chi connectivity index (χ2n) is 1.82. The number of aliphatic hydroxyl groups excluding tert-OH is 1. The Morgan fingerprint density at radius 1 is 1.75 bits per heavy atom. The molecule has 3 heteroatoms. The minimum atomic E-state index is 0. The molecule has 1 unspecified atom stereocenters. The van der Waals surface area contributed by atoms with E-state index < -0.39 is 0 Å². The zero-order valence-corrected chi connectivity index (χ0v) is 9.41. The van der Waals surface area contributed by atoms with Crippen molar-refractivity contribution in [1.82, 2.24) is 0 Å². The first-order valence-electron chi connectivity index (χ1n) is 2.66. The SMILES string of the molecule is OCC1CCCO1.[Ba+2].[H-].[H-]. The van der Waals surface area contributed by atoms with Crippen molar-refractivity contribution in [2.45, 2.75) is 18.9 Å². The van der Waals surface area contributed by atoms with Crippen LogP contribution in [-0.4, -0.2) is 73.3 Å². The number of ether oxygens (including phenoxy) is 1. The van der Waals surface area contributed by atoms with Crippen LogP contribution in [0.1, 0.15) is 15.7 Å². The Balaban J connectivity index is -0.000000163. The topological polar surface area (TPSA) is 29.5 Å². The van der Waals surface area contributed by atoms with Gasteiger partial charge in [0.1, 0.15) is 0 Å². The van der Waals surface area contributed by atoms with Gasteiger partial charge in [-0.1, -0.05) is 0 Å². The standard InChI is InChI=1S/C5H10O2.Ba.2H/c6-4-5-2-1-3-7-5;;;/h5-6H,1-4H2;;;/q;+2;2*-1. The fourth-order valence-corrected chi connectivity index (χ4v) is 0.788. The third-order valence-electron chi connectivity index (χ3n) is 1.23. The van der Waals surface area contributed by atoms with E-state index in [-0.39, 0.29) is 64.4 Å². The van der Waals surface area contributed by atoms with Gasteiger partial charge in [-0.3, -0.25) is 0 Å². The van der Waals surface area contributed by atoms with Crippen molar-refractivity contribution in [3.8, 4) is 0 Å². The van der Waals surface area contributed by atoms with Crippen molar-refractivity contribution in [1.29, 1.82) is 0 Å². The summed E-state index contributed by atoms with van der Waals surface area (Å²) in [6.07, 6.45) is 2.31. The van der Waals surface area contributed by atoms with Gasteiger partial charge in [0.25, 0.3) is 0 Å². The molecule has 1 aliphatic rings. The van der Waals surface area contributed by atoms with Crippen LogP contribution in [0.4, 0.5) is 0 Å². The molecule has 1 rings (SSSR count). The fraction of sp³-hybridized carbons (Fsp3) is 1.00. The normalized spacial score (nSPS) is 27.4. The van der Waals surface area contributed by atoms with E-state index in [1.807, 2.05) is 0 Å². The molecule has 0 amide bonds. The van der Waals surface area contributed by atoms with Crippen molar-refractivity contribution >= 4 is 48.9 Å². The van der Waals surface area contributed by atoms with Crippen LogP contribution in [0, 0.1) is 0 Å². The van der Waals surface area contributed by atoms with Gasteiger partial charge >= 0.3 is 48.9 Å². The van der Waals surface area contributed by atoms with E-state index >= 15 is 0 Å². The minimum Gasteiger partial charge on any atom is -1.00 e. The molecule has 1 heterocycles. The minimum absolute atomic E-state index is 0. The molecule has 1 N–H and O–H groups in total. The van der Waals surface area contributed by atoms with Gasteiger partial charge in [-0.05, 0) is 12.8 Å². The molecule has 1 atom stereocenters. The van der Waals surface area contributed by atoms with E-state index in [0.29, 0.717) is 0 Å². The molecule has 0 aromatic rings. The summed E-state index contributed by atoms with van der Waals surface area (Å²) in [5, 5.41) is 8.44. The molecular formula is C5H12BaO2. The van der Waals surface area contributed by atoms with Gasteiger partial charge in [-0.25, -0.2) is 0 Å². The second-order valence-corrected chi connectivity index (χ2v) is 1.82. The molecule has 0 aromatic carbocycles. The van der Waals surface area contributed by atoms with Gasteiger partial charge in [0.15, 0.2) is 0 Å². The molecule has 8 heavy (non-hydrogen) atoms. The van der Waals surface area contributed by atoms with Crippen molar-refractivity contribution in [2.24, 2.45) is 0 Å². The molecular weight excluding hydrogens is 229 g/mol. The van der Waals surface area contributed by atoms with Crippen LogP contribution in [0.5, 0.6) is 0 Å². The van der Waals surface area contributed by atoms with Gasteiger partial charge in [0.05, 0.1) is 12.7 Å². The van der Waals surface area contributed by atoms with Crippen LogP contribution in [0.25, 0.3) is 0 Å². The van der Waals surface area contributed by atoms with Crippen LogP contribution in [0.15, 0.2) is 0 Å². The van der Waals surface area contributed by atoms with Gasteiger partial charge in [-0.2, -0.15) is 0 Å². The predicted octanol–water partition coefficient (Wildman–Crippen LogP) is 0.00190. The zero-order chi connectivity index (χ0) is 5.11. The van der Waals surface area contributed by atoms with E-state index in [9.17, 15) is 0 Å². The van der Waals surface area contributed by atoms with Gasteiger partial charge < -0.3 is 12.7 Å². The van der Waals surface area contributed by atoms with E-state index in [2.05, 4.69) is 0 Å². The van der Waals surface area contributed by atoms with E-state index in [0.717, 1.165) is 19.4 Å². The van der Waals surface area contributed by atoms with Crippen molar-refractivity contribution in [3.63, 3.8) is 0 Å². The average Bonchev–Trinajstić information content (AvgIpc) is 2.14. The average molecular weight is 241 g/mol. The monoisotopic (exact) mass is 242 g/mol. The molecule has 1 saturated heterocycles. The quantitative estimate of drug-likeness (QED) is 0.655. The van der Waals surface area contributed by atoms with Gasteiger partial charge in [-0.15, -0.1) is 0 Å². The molecule has 1 fully saturated rings. The number of hydrogen-bond donors (Lipinski definition) is 1. The summed E-state index contributed by atoms with van der Waals surface area (Å²) in [7, 11) is 0. The maximum Gasteiger partial charge on any atom is 2.00 e. The number of rotatable bonds is 1. The molecule has 0 aromatic heterocycles. The van der Waals surface area contributed by atoms with E-state index in [1.165, 1.54) is 0 Å². The molecule has 46 valence electrons. The zero-order valence-electron chi connectivity index (χ0n) is 6.97. The van der Waals surface area contributed by atoms with E-state index in [1.54, 1.807) is 0 Å². The maximum atomic E-state index is 8.44. The smallest absolute Gasteiger partial charge is 1.00 e. The van der Waals surface area contributed by atoms with Crippen molar-refractivity contribution in [2.75, 3.05) is 13.2 Å². The summed E-state index contributed by atoms with van der Waals surface area (Å²) in [5.74, 6) is 0. The first kappa shape index (κ1) is 9.49. The molecule has 1 aliphatic heterocycles. The summed E-state index contributed by atoms with van der Waals surface area (Å²) in [4.78, 5) is 0. The summed E-state index contributed by atoms with van der Waals surface area (Å²) in [6, 6.07) is 0. The Hall–Kier alpha value is 1.49. The molecule has 0 radical (unpaired) electrons. The summed E-state index contributed by atoms with van der Waals surface area (Å²) in [5.41, 5.74) is 0. The largest absolute Gasteiger partial charge is 2.00 e. The van der Waals surface area contributed by atoms with Crippen molar-refractivity contribution < 1.29 is 12.7 Å².